The third-order valence-electron chi connectivity index (χ3n) is 11.6. The molecule has 0 amide bonds. The summed E-state index contributed by atoms with van der Waals surface area (Å²) in [5.74, 6) is 2.87. The van der Waals surface area contributed by atoms with Gasteiger partial charge in [-0.15, -0.1) is 0 Å². The topological polar surface area (TPSA) is 37.3 Å². The van der Waals surface area contributed by atoms with Crippen molar-refractivity contribution in [2.45, 2.75) is 112 Å². The lowest BCUT2D eigenvalue weighted by Gasteiger charge is -2.59. The molecule has 2 nitrogen and oxygen atoms in total. The molecular formula is C30H48O2. The molecule has 2 heteroatoms. The van der Waals surface area contributed by atoms with E-state index in [1.807, 2.05) is 0 Å². The van der Waals surface area contributed by atoms with Crippen LogP contribution in [0.1, 0.15) is 106 Å². The van der Waals surface area contributed by atoms with E-state index in [-0.39, 0.29) is 28.3 Å². The molecule has 32 heavy (non-hydrogen) atoms. The summed E-state index contributed by atoms with van der Waals surface area (Å²) < 4.78 is 0. The standard InChI is InChI=1S/C30H48O2/c1-18(2)19(3)9-10-20(4)22-11-16-30(8)27-23(12-15-29(22,30)7)28(6)14-13-25(31)21(5)24(28)17-26(27)32/h18,20-22,24-25,31H,3,9-17H2,1-2,4-8H3/t20-,21+,22-,24+,25+,28-,29-,30+/m1/s1. The second-order valence-electron chi connectivity index (χ2n) is 13.2. The predicted molar refractivity (Wildman–Crippen MR) is 133 cm³/mol. The molecule has 180 valence electrons. The lowest BCUT2D eigenvalue weighted by atomic mass is 9.45. The molecule has 0 bridgehead atoms. The monoisotopic (exact) mass is 440 g/mol. The summed E-state index contributed by atoms with van der Waals surface area (Å²) in [4.78, 5) is 13.8. The fraction of sp³-hybridized carbons (Fsp3) is 0.833. The average molecular weight is 441 g/mol. The molecule has 1 N–H and O–H groups in total. The number of carbonyl (C=O) groups excluding carboxylic acids is 1. The lowest BCUT2D eigenvalue weighted by Crippen LogP contribution is -2.54. The summed E-state index contributed by atoms with van der Waals surface area (Å²) in [7, 11) is 0. The smallest absolute Gasteiger partial charge is 0.159 e. The Morgan fingerprint density at radius 3 is 2.47 bits per heavy atom. The number of carbonyl (C=O) groups is 1. The zero-order chi connectivity index (χ0) is 23.6. The SMILES string of the molecule is C=C(CC[C@@H](C)[C@H]1CC[C@@]2(C)C3=C(CC[C@]12C)[C@@]1(C)CC[C@H](O)[C@@H](C)[C@@H]1CC3=O)C(C)C. The fourth-order valence-corrected chi connectivity index (χ4v) is 8.87. The number of Topliss-reactive ketones (excluding diaryl/α,β-unsaturated/α-hetero) is 1. The number of aliphatic hydroxyl groups is 1. The van der Waals surface area contributed by atoms with Gasteiger partial charge in [-0.2, -0.15) is 0 Å². The Bertz CT molecular complexity index is 821. The highest BCUT2D eigenvalue weighted by molar-refractivity contribution is 5.99. The first-order valence-corrected chi connectivity index (χ1v) is 13.5. The number of rotatable bonds is 5. The zero-order valence-corrected chi connectivity index (χ0v) is 21.9. The van der Waals surface area contributed by atoms with Crippen LogP contribution in [-0.4, -0.2) is 17.0 Å². The molecule has 0 spiro atoms. The van der Waals surface area contributed by atoms with Gasteiger partial charge in [0.25, 0.3) is 0 Å². The molecule has 0 aromatic carbocycles. The third kappa shape index (κ3) is 3.33. The molecule has 2 saturated carbocycles. The van der Waals surface area contributed by atoms with Crippen LogP contribution in [0.3, 0.4) is 0 Å². The van der Waals surface area contributed by atoms with Crippen LogP contribution in [0.2, 0.25) is 0 Å². The van der Waals surface area contributed by atoms with E-state index < -0.39 is 0 Å². The van der Waals surface area contributed by atoms with Crippen molar-refractivity contribution >= 4 is 5.78 Å². The van der Waals surface area contributed by atoms with E-state index in [0.29, 0.717) is 35.9 Å². The van der Waals surface area contributed by atoms with Crippen LogP contribution >= 0.6 is 0 Å². The summed E-state index contributed by atoms with van der Waals surface area (Å²) in [6.45, 7) is 20.9. The fourth-order valence-electron chi connectivity index (χ4n) is 8.87. The first-order valence-electron chi connectivity index (χ1n) is 13.5. The Labute approximate surface area is 197 Å². The van der Waals surface area contributed by atoms with Crippen molar-refractivity contribution in [1.29, 1.82) is 0 Å². The van der Waals surface area contributed by atoms with Gasteiger partial charge in [-0.3, -0.25) is 4.79 Å². The lowest BCUT2D eigenvalue weighted by molar-refractivity contribution is -0.126. The highest BCUT2D eigenvalue weighted by atomic mass is 16.3. The molecule has 4 aliphatic carbocycles. The molecule has 0 aromatic rings. The quantitative estimate of drug-likeness (QED) is 0.449. The summed E-state index contributed by atoms with van der Waals surface area (Å²) in [6, 6.07) is 0. The van der Waals surface area contributed by atoms with Crippen molar-refractivity contribution in [1.82, 2.24) is 0 Å². The molecule has 4 aliphatic rings. The molecule has 4 rings (SSSR count). The van der Waals surface area contributed by atoms with Crippen LogP contribution in [0.5, 0.6) is 0 Å². The van der Waals surface area contributed by atoms with E-state index in [4.69, 9.17) is 0 Å². The number of fused-ring (bicyclic) bond motifs is 4. The van der Waals surface area contributed by atoms with Crippen molar-refractivity contribution in [2.75, 3.05) is 0 Å². The largest absolute Gasteiger partial charge is 0.393 e. The molecule has 0 aromatic heterocycles. The van der Waals surface area contributed by atoms with Gasteiger partial charge in [0.05, 0.1) is 6.10 Å². The number of hydrogen-bond acceptors (Lipinski definition) is 2. The molecule has 0 heterocycles. The van der Waals surface area contributed by atoms with Gasteiger partial charge < -0.3 is 5.11 Å². The van der Waals surface area contributed by atoms with Crippen LogP contribution in [0.4, 0.5) is 0 Å². The number of hydrogen-bond donors (Lipinski definition) is 1. The van der Waals surface area contributed by atoms with Gasteiger partial charge in [-0.1, -0.05) is 66.2 Å². The molecule has 0 aliphatic heterocycles. The number of aliphatic hydroxyl groups excluding tert-OH is 1. The average Bonchev–Trinajstić information content (AvgIpc) is 3.01. The van der Waals surface area contributed by atoms with Gasteiger partial charge in [0, 0.05) is 17.4 Å². The van der Waals surface area contributed by atoms with E-state index in [0.717, 1.165) is 32.1 Å². The Kier molecular flexibility index (Phi) is 6.14. The van der Waals surface area contributed by atoms with Gasteiger partial charge in [-0.25, -0.2) is 0 Å². The minimum Gasteiger partial charge on any atom is -0.393 e. The van der Waals surface area contributed by atoms with Gasteiger partial charge >= 0.3 is 0 Å². The Morgan fingerprint density at radius 1 is 1.12 bits per heavy atom. The van der Waals surface area contributed by atoms with Crippen LogP contribution in [0, 0.1) is 45.8 Å². The predicted octanol–water partition coefficient (Wildman–Crippen LogP) is 7.51. The summed E-state index contributed by atoms with van der Waals surface area (Å²) in [5, 5.41) is 10.5. The Balaban J connectivity index is 1.66. The van der Waals surface area contributed by atoms with Crippen LogP contribution in [0.25, 0.3) is 0 Å². The van der Waals surface area contributed by atoms with E-state index in [2.05, 4.69) is 55.0 Å². The zero-order valence-electron chi connectivity index (χ0n) is 21.9. The molecule has 8 atom stereocenters. The van der Waals surface area contributed by atoms with Crippen LogP contribution < -0.4 is 0 Å². The molecular weight excluding hydrogens is 392 g/mol. The van der Waals surface area contributed by atoms with Crippen molar-refractivity contribution in [3.63, 3.8) is 0 Å². The van der Waals surface area contributed by atoms with E-state index >= 15 is 0 Å². The molecule has 0 radical (unpaired) electrons. The Morgan fingerprint density at radius 2 is 1.81 bits per heavy atom. The molecule has 0 saturated heterocycles. The van der Waals surface area contributed by atoms with Gasteiger partial charge in [-0.05, 0) is 91.8 Å². The van der Waals surface area contributed by atoms with E-state index in [1.54, 1.807) is 0 Å². The van der Waals surface area contributed by atoms with Crippen molar-refractivity contribution in [3.8, 4) is 0 Å². The molecule has 0 unspecified atom stereocenters. The summed E-state index contributed by atoms with van der Waals surface area (Å²) >= 11 is 0. The van der Waals surface area contributed by atoms with Crippen LogP contribution in [-0.2, 0) is 4.79 Å². The highest BCUT2D eigenvalue weighted by Gasteiger charge is 2.64. The number of ketones is 1. The minimum absolute atomic E-state index is 0.0128. The van der Waals surface area contributed by atoms with Crippen molar-refractivity contribution < 1.29 is 9.90 Å². The minimum atomic E-state index is -0.246. The Hall–Kier alpha value is -0.890. The second kappa shape index (κ2) is 8.10. The molecule has 2 fully saturated rings. The maximum Gasteiger partial charge on any atom is 0.159 e. The van der Waals surface area contributed by atoms with Gasteiger partial charge in [0.1, 0.15) is 0 Å². The van der Waals surface area contributed by atoms with Crippen molar-refractivity contribution in [2.24, 2.45) is 45.8 Å². The summed E-state index contributed by atoms with van der Waals surface area (Å²) in [6.07, 6.45) is 9.40. The summed E-state index contributed by atoms with van der Waals surface area (Å²) in [5.41, 5.74) is 4.45. The second-order valence-corrected chi connectivity index (χ2v) is 13.2. The number of allylic oxidation sites excluding steroid dienone is 3. The third-order valence-corrected chi connectivity index (χ3v) is 11.6. The normalized spacial score (nSPS) is 44.8. The van der Waals surface area contributed by atoms with Crippen LogP contribution in [0.15, 0.2) is 23.3 Å². The maximum absolute atomic E-state index is 13.8. The first kappa shape index (κ1) is 24.2. The van der Waals surface area contributed by atoms with E-state index in [1.165, 1.54) is 36.0 Å². The maximum atomic E-state index is 13.8. The van der Waals surface area contributed by atoms with Gasteiger partial charge in [0.15, 0.2) is 5.78 Å². The van der Waals surface area contributed by atoms with E-state index in [9.17, 15) is 9.90 Å². The first-order chi connectivity index (χ1) is 14.9. The van der Waals surface area contributed by atoms with Gasteiger partial charge in [0.2, 0.25) is 0 Å². The highest BCUT2D eigenvalue weighted by Crippen LogP contribution is 2.71. The van der Waals surface area contributed by atoms with Crippen molar-refractivity contribution in [3.05, 3.63) is 23.3 Å².